The summed E-state index contributed by atoms with van der Waals surface area (Å²) in [6.07, 6.45) is 14.9. The largest absolute Gasteiger partial charge is 0.355 e. The summed E-state index contributed by atoms with van der Waals surface area (Å²) < 4.78 is 0. The molecule has 6 heterocycles. The van der Waals surface area contributed by atoms with Crippen molar-refractivity contribution in [3.63, 3.8) is 0 Å². The molecule has 8 bridgehead atoms. The SMILES string of the molecule is CCCCCCCCC1=c2ccc([nH]2)=C(c2ccccn2)c2ccc([nH]2)C=c2ccc([nH]2)=Cc2ccc1[nH]2. The van der Waals surface area contributed by atoms with E-state index in [9.17, 15) is 0 Å². The Hall–Kier alpha value is -4.25. The minimum absolute atomic E-state index is 0.937. The number of rotatable bonds is 8. The lowest BCUT2D eigenvalue weighted by atomic mass is 10.0. The zero-order chi connectivity index (χ0) is 25.7. The maximum Gasteiger partial charge on any atom is 0.0743 e. The van der Waals surface area contributed by atoms with Gasteiger partial charge in [-0.15, -0.1) is 0 Å². The normalized spacial score (nSPS) is 12.9. The predicted octanol–water partition coefficient (Wildman–Crippen LogP) is 4.56. The van der Waals surface area contributed by atoms with Gasteiger partial charge in [-0.2, -0.15) is 0 Å². The number of aromatic amines is 4. The van der Waals surface area contributed by atoms with Crippen molar-refractivity contribution in [2.24, 2.45) is 0 Å². The van der Waals surface area contributed by atoms with Gasteiger partial charge >= 0.3 is 0 Å². The molecule has 0 fully saturated rings. The fourth-order valence-corrected chi connectivity index (χ4v) is 5.39. The summed E-state index contributed by atoms with van der Waals surface area (Å²) in [4.78, 5) is 19.3. The van der Waals surface area contributed by atoms with Crippen LogP contribution in [0.4, 0.5) is 0 Å². The zero-order valence-electron chi connectivity index (χ0n) is 22.0. The Bertz CT molecular complexity index is 1760. The van der Waals surface area contributed by atoms with E-state index in [0.717, 1.165) is 56.2 Å². The van der Waals surface area contributed by atoms with Crippen molar-refractivity contribution in [1.29, 1.82) is 0 Å². The predicted molar refractivity (Wildman–Crippen MR) is 155 cm³/mol. The third-order valence-corrected chi connectivity index (χ3v) is 7.35. The maximum atomic E-state index is 4.71. The molecule has 4 N–H and O–H groups in total. The minimum Gasteiger partial charge on any atom is -0.355 e. The van der Waals surface area contributed by atoms with Crippen LogP contribution >= 0.6 is 0 Å². The molecule has 192 valence electrons. The van der Waals surface area contributed by atoms with Crippen LogP contribution in [0.15, 0.2) is 72.9 Å². The van der Waals surface area contributed by atoms with Gasteiger partial charge in [-0.3, -0.25) is 4.98 Å². The highest BCUT2D eigenvalue weighted by Gasteiger charge is 2.12. The first-order valence-corrected chi connectivity index (χ1v) is 13.9. The lowest BCUT2D eigenvalue weighted by Gasteiger charge is -2.06. The molecule has 38 heavy (non-hydrogen) atoms. The van der Waals surface area contributed by atoms with Crippen LogP contribution < -0.4 is 21.4 Å². The number of H-pyrrole nitrogens is 4. The molecule has 6 rings (SSSR count). The first-order chi connectivity index (χ1) is 18.8. The van der Waals surface area contributed by atoms with Gasteiger partial charge in [0.05, 0.1) is 16.7 Å². The van der Waals surface area contributed by atoms with E-state index in [2.05, 4.69) is 93.6 Å². The Labute approximate surface area is 222 Å². The molecule has 0 atom stereocenters. The van der Waals surface area contributed by atoms with Crippen molar-refractivity contribution >= 4 is 23.3 Å². The molecule has 5 aromatic rings. The quantitative estimate of drug-likeness (QED) is 0.231. The number of unbranched alkanes of at least 4 members (excludes halogenated alkanes) is 5. The number of nitrogens with one attached hydrogen (secondary N) is 4. The molecule has 0 unspecified atom stereocenters. The van der Waals surface area contributed by atoms with Crippen LogP contribution in [0.2, 0.25) is 0 Å². The van der Waals surface area contributed by atoms with Crippen molar-refractivity contribution < 1.29 is 0 Å². The average molecular weight is 502 g/mol. The maximum absolute atomic E-state index is 4.71. The van der Waals surface area contributed by atoms with Gasteiger partial charge in [-0.05, 0) is 91.2 Å². The summed E-state index contributed by atoms with van der Waals surface area (Å²) in [5, 5.41) is 4.34. The van der Waals surface area contributed by atoms with Gasteiger partial charge in [0.15, 0.2) is 0 Å². The van der Waals surface area contributed by atoms with Crippen LogP contribution in [-0.4, -0.2) is 24.9 Å². The minimum atomic E-state index is 0.937. The second-order valence-electron chi connectivity index (χ2n) is 10.2. The van der Waals surface area contributed by atoms with Crippen LogP contribution in [0.25, 0.3) is 23.3 Å². The molecule has 0 saturated carbocycles. The van der Waals surface area contributed by atoms with E-state index in [1.807, 2.05) is 18.3 Å². The van der Waals surface area contributed by atoms with E-state index in [4.69, 9.17) is 4.98 Å². The summed E-state index contributed by atoms with van der Waals surface area (Å²) in [7, 11) is 0. The van der Waals surface area contributed by atoms with Crippen molar-refractivity contribution in [2.45, 2.75) is 51.9 Å². The number of pyridine rings is 1. The number of hydrogen-bond donors (Lipinski definition) is 4. The first kappa shape index (κ1) is 24.1. The molecule has 5 heteroatoms. The Balaban J connectivity index is 1.53. The van der Waals surface area contributed by atoms with Gasteiger partial charge in [-0.25, -0.2) is 0 Å². The monoisotopic (exact) mass is 501 g/mol. The van der Waals surface area contributed by atoms with Crippen molar-refractivity contribution in [3.05, 3.63) is 123 Å². The van der Waals surface area contributed by atoms with Gasteiger partial charge in [0.25, 0.3) is 0 Å². The molecule has 0 saturated heterocycles. The first-order valence-electron chi connectivity index (χ1n) is 13.9. The molecule has 0 aliphatic carbocycles. The van der Waals surface area contributed by atoms with Gasteiger partial charge < -0.3 is 19.9 Å². The molecule has 1 aliphatic rings. The molecule has 5 nitrogen and oxygen atoms in total. The molecular weight excluding hydrogens is 466 g/mol. The summed E-state index contributed by atoms with van der Waals surface area (Å²) in [6.45, 7) is 2.27. The van der Waals surface area contributed by atoms with E-state index in [1.165, 1.54) is 49.8 Å². The van der Waals surface area contributed by atoms with Gasteiger partial charge in [0.1, 0.15) is 0 Å². The Kier molecular flexibility index (Phi) is 6.99. The van der Waals surface area contributed by atoms with Crippen molar-refractivity contribution in [3.8, 4) is 0 Å². The fourth-order valence-electron chi connectivity index (χ4n) is 5.39. The van der Waals surface area contributed by atoms with Crippen LogP contribution in [0.3, 0.4) is 0 Å². The van der Waals surface area contributed by atoms with Gasteiger partial charge in [-0.1, -0.05) is 45.1 Å². The highest BCUT2D eigenvalue weighted by Crippen LogP contribution is 2.21. The Morgan fingerprint density at radius 3 is 2.08 bits per heavy atom. The van der Waals surface area contributed by atoms with Crippen LogP contribution in [0.5, 0.6) is 0 Å². The summed E-state index contributed by atoms with van der Waals surface area (Å²) >= 11 is 0. The second kappa shape index (κ2) is 11.0. The van der Waals surface area contributed by atoms with E-state index in [0.29, 0.717) is 0 Å². The molecule has 0 spiro atoms. The highest BCUT2D eigenvalue weighted by molar-refractivity contribution is 5.76. The standard InChI is InChI=1S/C33H35N5/c1-2-3-4-5-6-7-10-27-28-16-14-25(36-28)21-23-12-13-24(35-23)22-26-15-17-31(37-26)33(30-11-8-9-20-34-30)32-19-18-29(27)38-32/h8-9,11-22,35-38H,2-7,10H2,1H3. The summed E-state index contributed by atoms with van der Waals surface area (Å²) in [6, 6.07) is 23.4. The molecule has 1 aliphatic heterocycles. The molecule has 0 amide bonds. The number of nitrogens with zero attached hydrogens (tertiary/aromatic N) is 1. The van der Waals surface area contributed by atoms with E-state index >= 15 is 0 Å². The molecule has 0 radical (unpaired) electrons. The van der Waals surface area contributed by atoms with Crippen molar-refractivity contribution in [2.75, 3.05) is 0 Å². The smallest absolute Gasteiger partial charge is 0.0743 e. The van der Waals surface area contributed by atoms with Gasteiger partial charge in [0, 0.05) is 44.9 Å². The van der Waals surface area contributed by atoms with Crippen LogP contribution in [0.1, 0.15) is 80.3 Å². The highest BCUT2D eigenvalue weighted by atomic mass is 14.8. The molecule has 0 aromatic carbocycles. The number of hydrogen-bond acceptors (Lipinski definition) is 1. The average Bonchev–Trinajstić information content (AvgIpc) is 3.74. The third kappa shape index (κ3) is 5.23. The molecule has 5 aromatic heterocycles. The molecular formula is C33H35N5. The lowest BCUT2D eigenvalue weighted by molar-refractivity contribution is 0.613. The Morgan fingerprint density at radius 1 is 0.605 bits per heavy atom. The Morgan fingerprint density at radius 2 is 1.32 bits per heavy atom. The zero-order valence-corrected chi connectivity index (χ0v) is 22.0. The number of fused-ring (bicyclic) bond motifs is 8. The summed E-state index contributed by atoms with van der Waals surface area (Å²) in [5.41, 5.74) is 7.67. The van der Waals surface area contributed by atoms with Gasteiger partial charge in [0.2, 0.25) is 0 Å². The van der Waals surface area contributed by atoms with Crippen molar-refractivity contribution in [1.82, 2.24) is 24.9 Å². The fraction of sp³-hybridized carbons (Fsp3) is 0.242. The topological polar surface area (TPSA) is 76.0 Å². The van der Waals surface area contributed by atoms with E-state index in [-0.39, 0.29) is 0 Å². The van der Waals surface area contributed by atoms with Crippen LogP contribution in [-0.2, 0) is 0 Å². The third-order valence-electron chi connectivity index (χ3n) is 7.35. The second-order valence-corrected chi connectivity index (χ2v) is 10.2. The van der Waals surface area contributed by atoms with E-state index < -0.39 is 0 Å². The lowest BCUT2D eigenvalue weighted by Crippen LogP contribution is -2.17. The summed E-state index contributed by atoms with van der Waals surface area (Å²) in [5.74, 6) is 0. The van der Waals surface area contributed by atoms with Crippen LogP contribution in [0, 0.1) is 0 Å². The van der Waals surface area contributed by atoms with E-state index in [1.54, 1.807) is 0 Å². The number of aromatic nitrogens is 5.